The number of benzene rings is 1. The highest BCUT2D eigenvalue weighted by molar-refractivity contribution is 7.89. The first-order valence-electron chi connectivity index (χ1n) is 6.41. The van der Waals surface area contributed by atoms with Crippen molar-refractivity contribution in [3.05, 3.63) is 28.8 Å². The van der Waals surface area contributed by atoms with Crippen molar-refractivity contribution in [3.8, 4) is 0 Å². The summed E-state index contributed by atoms with van der Waals surface area (Å²) >= 11 is 5.80. The molecule has 120 valence electrons. The molecule has 0 aromatic heterocycles. The number of aliphatic carboxylic acids is 1. The third kappa shape index (κ3) is 2.94. The van der Waals surface area contributed by atoms with E-state index in [1.807, 2.05) is 0 Å². The maximum absolute atomic E-state index is 12.7. The summed E-state index contributed by atoms with van der Waals surface area (Å²) < 4.78 is 30.9. The smallest absolute Gasteiger partial charge is 0.339 e. The minimum Gasteiger partial charge on any atom is -0.480 e. The molecule has 0 spiro atoms. The summed E-state index contributed by atoms with van der Waals surface area (Å²) in [5.74, 6) is -2.07. The van der Waals surface area contributed by atoms with Crippen LogP contribution in [0.2, 0.25) is 5.02 Å². The Morgan fingerprint density at radius 1 is 1.41 bits per heavy atom. The minimum atomic E-state index is -4.14. The van der Waals surface area contributed by atoms with Gasteiger partial charge < -0.3 is 9.84 Å². The Balaban J connectivity index is 2.55. The fraction of sp³-hybridized carbons (Fsp3) is 0.385. The first-order chi connectivity index (χ1) is 10.3. The van der Waals surface area contributed by atoms with Crippen LogP contribution in [0.25, 0.3) is 0 Å². The Morgan fingerprint density at radius 3 is 2.68 bits per heavy atom. The van der Waals surface area contributed by atoms with Gasteiger partial charge in [-0.2, -0.15) is 4.31 Å². The Morgan fingerprint density at radius 2 is 2.09 bits per heavy atom. The number of hydrogen-bond donors (Lipinski definition) is 1. The van der Waals surface area contributed by atoms with E-state index < -0.39 is 28.0 Å². The van der Waals surface area contributed by atoms with E-state index in [-0.39, 0.29) is 28.4 Å². The standard InChI is InChI=1S/C13H14ClNO6S/c1-21-13(18)9-7-8(14)4-5-11(9)22(19,20)15-6-2-3-10(15)12(16)17/h4-5,7,10H,2-3,6H2,1H3,(H,16,17)/t10-/m1/s1. The van der Waals surface area contributed by atoms with E-state index >= 15 is 0 Å². The van der Waals surface area contributed by atoms with Gasteiger partial charge in [-0.3, -0.25) is 4.79 Å². The molecule has 1 fully saturated rings. The lowest BCUT2D eigenvalue weighted by molar-refractivity contribution is -0.140. The van der Waals surface area contributed by atoms with Crippen LogP contribution in [-0.2, 0) is 19.6 Å². The SMILES string of the molecule is COC(=O)c1cc(Cl)ccc1S(=O)(=O)N1CCC[C@@H]1C(=O)O. The largest absolute Gasteiger partial charge is 0.480 e. The lowest BCUT2D eigenvalue weighted by Crippen LogP contribution is -2.40. The first-order valence-corrected chi connectivity index (χ1v) is 8.23. The molecule has 1 aromatic carbocycles. The van der Waals surface area contributed by atoms with Gasteiger partial charge in [0.1, 0.15) is 6.04 Å². The molecule has 0 radical (unpaired) electrons. The number of ether oxygens (including phenoxy) is 1. The molecule has 7 nitrogen and oxygen atoms in total. The third-order valence-electron chi connectivity index (χ3n) is 3.42. The fourth-order valence-electron chi connectivity index (χ4n) is 2.40. The molecule has 1 aliphatic heterocycles. The van der Waals surface area contributed by atoms with Gasteiger partial charge in [-0.05, 0) is 31.0 Å². The summed E-state index contributed by atoms with van der Waals surface area (Å²) in [5, 5.41) is 9.32. The van der Waals surface area contributed by atoms with Gasteiger partial charge in [-0.25, -0.2) is 13.2 Å². The van der Waals surface area contributed by atoms with Crippen molar-refractivity contribution in [2.75, 3.05) is 13.7 Å². The van der Waals surface area contributed by atoms with Gasteiger partial charge in [0.2, 0.25) is 10.0 Å². The molecule has 9 heteroatoms. The minimum absolute atomic E-state index is 0.0859. The van der Waals surface area contributed by atoms with Gasteiger partial charge >= 0.3 is 11.9 Å². The summed E-state index contributed by atoms with van der Waals surface area (Å²) in [5.41, 5.74) is -0.217. The van der Waals surface area contributed by atoms with E-state index in [4.69, 9.17) is 16.7 Å². The molecule has 22 heavy (non-hydrogen) atoms. The molecule has 0 amide bonds. The van der Waals surface area contributed by atoms with E-state index in [0.29, 0.717) is 6.42 Å². The van der Waals surface area contributed by atoms with Crippen LogP contribution >= 0.6 is 11.6 Å². The van der Waals surface area contributed by atoms with Crippen LogP contribution in [0, 0.1) is 0 Å². The van der Waals surface area contributed by atoms with Gasteiger partial charge in [-0.15, -0.1) is 0 Å². The summed E-state index contributed by atoms with van der Waals surface area (Å²) in [7, 11) is -3.02. The lowest BCUT2D eigenvalue weighted by atomic mass is 10.2. The summed E-state index contributed by atoms with van der Waals surface area (Å²) in [6.45, 7) is 0.0859. The van der Waals surface area contributed by atoms with Gasteiger partial charge in [0, 0.05) is 11.6 Å². The molecule has 1 aromatic rings. The second kappa shape index (κ2) is 6.23. The topological polar surface area (TPSA) is 101 Å². The zero-order valence-corrected chi connectivity index (χ0v) is 13.2. The van der Waals surface area contributed by atoms with Crippen LogP contribution in [0.5, 0.6) is 0 Å². The zero-order valence-electron chi connectivity index (χ0n) is 11.7. The van der Waals surface area contributed by atoms with Crippen LogP contribution in [0.15, 0.2) is 23.1 Å². The highest BCUT2D eigenvalue weighted by atomic mass is 35.5. The second-order valence-corrected chi connectivity index (χ2v) is 7.04. The maximum atomic E-state index is 12.7. The van der Waals surface area contributed by atoms with Crippen LogP contribution in [-0.4, -0.2) is 49.5 Å². The molecule has 0 aliphatic carbocycles. The molecule has 1 heterocycles. The number of nitrogens with zero attached hydrogens (tertiary/aromatic N) is 1. The highest BCUT2D eigenvalue weighted by Gasteiger charge is 2.41. The number of carboxylic acid groups (broad SMARTS) is 1. The third-order valence-corrected chi connectivity index (χ3v) is 5.62. The average Bonchev–Trinajstić information content (AvgIpc) is 2.96. The molecule has 0 unspecified atom stereocenters. The number of methoxy groups -OCH3 is 1. The number of carboxylic acids is 1. The monoisotopic (exact) mass is 347 g/mol. The Bertz CT molecular complexity index is 717. The van der Waals surface area contributed by atoms with Crippen LogP contribution in [0.1, 0.15) is 23.2 Å². The van der Waals surface area contributed by atoms with E-state index in [1.165, 1.54) is 18.2 Å². The predicted molar refractivity (Wildman–Crippen MR) is 77.3 cm³/mol. The lowest BCUT2D eigenvalue weighted by Gasteiger charge is -2.22. The summed E-state index contributed by atoms with van der Waals surface area (Å²) in [6.07, 6.45) is 0.674. The number of carbonyl (C=O) groups is 2. The van der Waals surface area contributed by atoms with E-state index in [1.54, 1.807) is 0 Å². The fourth-order valence-corrected chi connectivity index (χ4v) is 4.38. The van der Waals surface area contributed by atoms with Crippen molar-refractivity contribution < 1.29 is 27.9 Å². The molecule has 2 rings (SSSR count). The molecule has 1 N–H and O–H groups in total. The highest BCUT2D eigenvalue weighted by Crippen LogP contribution is 2.29. The van der Waals surface area contributed by atoms with Gasteiger partial charge in [0.15, 0.2) is 0 Å². The van der Waals surface area contributed by atoms with Crippen molar-refractivity contribution >= 4 is 33.6 Å². The predicted octanol–water partition coefficient (Wildman–Crippen LogP) is 1.36. The molecule has 1 saturated heterocycles. The van der Waals surface area contributed by atoms with Crippen molar-refractivity contribution in [1.82, 2.24) is 4.31 Å². The Labute approximate surface area is 132 Å². The van der Waals surface area contributed by atoms with E-state index in [9.17, 15) is 18.0 Å². The van der Waals surface area contributed by atoms with Crippen molar-refractivity contribution in [3.63, 3.8) is 0 Å². The molecule has 1 atom stereocenters. The van der Waals surface area contributed by atoms with Gasteiger partial charge in [0.25, 0.3) is 0 Å². The maximum Gasteiger partial charge on any atom is 0.339 e. The van der Waals surface area contributed by atoms with Crippen LogP contribution in [0.4, 0.5) is 0 Å². The number of rotatable bonds is 4. The first kappa shape index (κ1) is 16.7. The quantitative estimate of drug-likeness (QED) is 0.825. The second-order valence-electron chi connectivity index (χ2n) is 4.74. The van der Waals surface area contributed by atoms with Crippen molar-refractivity contribution in [1.29, 1.82) is 0 Å². The van der Waals surface area contributed by atoms with E-state index in [0.717, 1.165) is 11.4 Å². The number of hydrogen-bond acceptors (Lipinski definition) is 5. The number of halogens is 1. The number of esters is 1. The van der Waals surface area contributed by atoms with Crippen LogP contribution < -0.4 is 0 Å². The Kier molecular flexibility index (Phi) is 4.74. The van der Waals surface area contributed by atoms with Crippen molar-refractivity contribution in [2.45, 2.75) is 23.8 Å². The average molecular weight is 348 g/mol. The summed E-state index contributed by atoms with van der Waals surface area (Å²) in [6, 6.07) is 2.56. The van der Waals surface area contributed by atoms with Gasteiger partial charge in [0.05, 0.1) is 17.6 Å². The van der Waals surface area contributed by atoms with Gasteiger partial charge in [-0.1, -0.05) is 11.6 Å². The Hall–Kier alpha value is -1.64. The molecular formula is C13H14ClNO6S. The molecular weight excluding hydrogens is 334 g/mol. The zero-order chi connectivity index (χ0) is 16.5. The van der Waals surface area contributed by atoms with Crippen molar-refractivity contribution in [2.24, 2.45) is 0 Å². The van der Waals surface area contributed by atoms with Crippen LogP contribution in [0.3, 0.4) is 0 Å². The molecule has 1 aliphatic rings. The normalized spacial score (nSPS) is 19.1. The molecule has 0 saturated carbocycles. The van der Waals surface area contributed by atoms with E-state index in [2.05, 4.69) is 4.74 Å². The number of carbonyl (C=O) groups excluding carboxylic acids is 1. The summed E-state index contributed by atoms with van der Waals surface area (Å²) in [4.78, 5) is 22.7. The molecule has 0 bridgehead atoms. The number of sulfonamides is 1.